The number of benzene rings is 1. The highest BCUT2D eigenvalue weighted by atomic mass is 32.2. The average Bonchev–Trinajstić information content (AvgIpc) is 2.36. The second kappa shape index (κ2) is 5.83. The molecule has 0 aromatic heterocycles. The standard InChI is InChI=1S/C12H15NO5S/c1-8-4-6-10(7-5-8)19(16,17)13-11(14)9(2)12(15)18-3/h4-7,9H,1-3H3,(H,13,14). The molecule has 0 aliphatic carbocycles. The van der Waals surface area contributed by atoms with Crippen molar-refractivity contribution in [1.82, 2.24) is 4.72 Å². The molecule has 0 aliphatic rings. The fraction of sp³-hybridized carbons (Fsp3) is 0.333. The lowest BCUT2D eigenvalue weighted by molar-refractivity contribution is -0.148. The summed E-state index contributed by atoms with van der Waals surface area (Å²) in [5, 5.41) is 0. The van der Waals surface area contributed by atoms with Gasteiger partial charge >= 0.3 is 5.97 Å². The predicted octanol–water partition coefficient (Wildman–Crippen LogP) is 0.609. The number of hydrogen-bond donors (Lipinski definition) is 1. The Morgan fingerprint density at radius 2 is 1.74 bits per heavy atom. The van der Waals surface area contributed by atoms with Crippen LogP contribution in [0, 0.1) is 12.8 Å². The molecule has 0 fully saturated rings. The third kappa shape index (κ3) is 3.78. The molecular formula is C12H15NO5S. The number of methoxy groups -OCH3 is 1. The number of sulfonamides is 1. The molecule has 1 unspecified atom stereocenters. The second-order valence-electron chi connectivity index (χ2n) is 4.03. The molecule has 0 bridgehead atoms. The predicted molar refractivity (Wildman–Crippen MR) is 67.7 cm³/mol. The lowest BCUT2D eigenvalue weighted by Crippen LogP contribution is -2.38. The summed E-state index contributed by atoms with van der Waals surface area (Å²) in [6.07, 6.45) is 0. The van der Waals surface area contributed by atoms with E-state index in [2.05, 4.69) is 4.74 Å². The van der Waals surface area contributed by atoms with Gasteiger partial charge in [0, 0.05) is 0 Å². The van der Waals surface area contributed by atoms with Crippen LogP contribution >= 0.6 is 0 Å². The van der Waals surface area contributed by atoms with E-state index in [1.54, 1.807) is 12.1 Å². The number of amides is 1. The summed E-state index contributed by atoms with van der Waals surface area (Å²) in [4.78, 5) is 22.7. The fourth-order valence-corrected chi connectivity index (χ4v) is 2.33. The normalized spacial score (nSPS) is 12.6. The van der Waals surface area contributed by atoms with Crippen LogP contribution in [0.5, 0.6) is 0 Å². The van der Waals surface area contributed by atoms with Gasteiger partial charge < -0.3 is 4.74 Å². The van der Waals surface area contributed by atoms with Gasteiger partial charge in [-0.2, -0.15) is 0 Å². The Hall–Kier alpha value is -1.89. The highest BCUT2D eigenvalue weighted by Crippen LogP contribution is 2.10. The van der Waals surface area contributed by atoms with Crippen molar-refractivity contribution in [2.24, 2.45) is 5.92 Å². The molecule has 0 radical (unpaired) electrons. The zero-order chi connectivity index (χ0) is 14.6. The molecule has 1 N–H and O–H groups in total. The summed E-state index contributed by atoms with van der Waals surface area (Å²) in [5.41, 5.74) is 0.896. The van der Waals surface area contributed by atoms with Gasteiger partial charge in [-0.25, -0.2) is 13.1 Å². The Morgan fingerprint density at radius 1 is 1.21 bits per heavy atom. The summed E-state index contributed by atoms with van der Waals surface area (Å²) >= 11 is 0. The number of carbonyl (C=O) groups is 2. The summed E-state index contributed by atoms with van der Waals surface area (Å²) < 4.78 is 30.0. The maximum absolute atomic E-state index is 11.9. The highest BCUT2D eigenvalue weighted by molar-refractivity contribution is 7.90. The Bertz CT molecular complexity index is 577. The number of aryl methyl sites for hydroxylation is 1. The lowest BCUT2D eigenvalue weighted by atomic mass is 10.2. The molecule has 7 heteroatoms. The maximum atomic E-state index is 11.9. The van der Waals surface area contributed by atoms with Crippen LogP contribution in [0.1, 0.15) is 12.5 Å². The first kappa shape index (κ1) is 15.2. The number of esters is 1. The van der Waals surface area contributed by atoms with Crippen LogP contribution < -0.4 is 4.72 Å². The molecule has 0 heterocycles. The highest BCUT2D eigenvalue weighted by Gasteiger charge is 2.26. The van der Waals surface area contributed by atoms with E-state index in [9.17, 15) is 18.0 Å². The molecule has 0 aliphatic heterocycles. The summed E-state index contributed by atoms with van der Waals surface area (Å²) in [5.74, 6) is -2.91. The molecule has 0 saturated heterocycles. The van der Waals surface area contributed by atoms with Crippen LogP contribution in [0.3, 0.4) is 0 Å². The van der Waals surface area contributed by atoms with Crippen LogP contribution in [0.25, 0.3) is 0 Å². The van der Waals surface area contributed by atoms with E-state index in [-0.39, 0.29) is 4.90 Å². The van der Waals surface area contributed by atoms with Gasteiger partial charge in [-0.15, -0.1) is 0 Å². The zero-order valence-electron chi connectivity index (χ0n) is 10.8. The molecular weight excluding hydrogens is 270 g/mol. The molecule has 104 valence electrons. The van der Waals surface area contributed by atoms with Gasteiger partial charge in [0.25, 0.3) is 10.0 Å². The second-order valence-corrected chi connectivity index (χ2v) is 5.71. The Balaban J connectivity index is 2.89. The fourth-order valence-electron chi connectivity index (χ4n) is 1.28. The smallest absolute Gasteiger partial charge is 0.317 e. The van der Waals surface area contributed by atoms with E-state index in [4.69, 9.17) is 0 Å². The first-order valence-corrected chi connectivity index (χ1v) is 6.97. The molecule has 1 atom stereocenters. The van der Waals surface area contributed by atoms with E-state index in [1.807, 2.05) is 11.6 Å². The van der Waals surface area contributed by atoms with E-state index in [1.165, 1.54) is 19.1 Å². The van der Waals surface area contributed by atoms with E-state index < -0.39 is 27.8 Å². The van der Waals surface area contributed by atoms with Crippen LogP contribution in [0.2, 0.25) is 0 Å². The Kier molecular flexibility index (Phi) is 4.66. The third-order valence-corrected chi connectivity index (χ3v) is 3.88. The quantitative estimate of drug-likeness (QED) is 0.646. The monoisotopic (exact) mass is 285 g/mol. The van der Waals surface area contributed by atoms with Crippen LogP contribution in [-0.4, -0.2) is 27.4 Å². The minimum atomic E-state index is -3.97. The maximum Gasteiger partial charge on any atom is 0.317 e. The van der Waals surface area contributed by atoms with Gasteiger partial charge in [-0.05, 0) is 26.0 Å². The van der Waals surface area contributed by atoms with Crippen molar-refractivity contribution in [3.8, 4) is 0 Å². The molecule has 0 saturated carbocycles. The SMILES string of the molecule is COC(=O)C(C)C(=O)NS(=O)(=O)c1ccc(C)cc1. The minimum absolute atomic E-state index is 0.0384. The van der Waals surface area contributed by atoms with Crippen LogP contribution in [0.4, 0.5) is 0 Å². The van der Waals surface area contributed by atoms with Crippen molar-refractivity contribution < 1.29 is 22.7 Å². The molecule has 0 spiro atoms. The van der Waals surface area contributed by atoms with Crippen molar-refractivity contribution in [2.75, 3.05) is 7.11 Å². The van der Waals surface area contributed by atoms with Gasteiger partial charge in [0.2, 0.25) is 5.91 Å². The molecule has 1 aromatic carbocycles. The number of carbonyl (C=O) groups excluding carboxylic acids is 2. The van der Waals surface area contributed by atoms with Gasteiger partial charge in [-0.1, -0.05) is 17.7 Å². The first-order valence-electron chi connectivity index (χ1n) is 5.49. The zero-order valence-corrected chi connectivity index (χ0v) is 11.7. The van der Waals surface area contributed by atoms with Gasteiger partial charge in [0.1, 0.15) is 5.92 Å². The summed E-state index contributed by atoms with van der Waals surface area (Å²) in [6, 6.07) is 5.99. The molecule has 6 nitrogen and oxygen atoms in total. The van der Waals surface area contributed by atoms with Crippen molar-refractivity contribution in [1.29, 1.82) is 0 Å². The van der Waals surface area contributed by atoms with Gasteiger partial charge in [0.15, 0.2) is 0 Å². The first-order chi connectivity index (χ1) is 8.77. The van der Waals surface area contributed by atoms with Crippen molar-refractivity contribution in [2.45, 2.75) is 18.7 Å². The van der Waals surface area contributed by atoms with E-state index in [0.29, 0.717) is 0 Å². The van der Waals surface area contributed by atoms with E-state index in [0.717, 1.165) is 12.7 Å². The largest absolute Gasteiger partial charge is 0.468 e. The van der Waals surface area contributed by atoms with Crippen molar-refractivity contribution in [3.05, 3.63) is 29.8 Å². The average molecular weight is 285 g/mol. The molecule has 1 rings (SSSR count). The Morgan fingerprint density at radius 3 is 2.21 bits per heavy atom. The number of nitrogens with one attached hydrogen (secondary N) is 1. The number of rotatable bonds is 4. The third-order valence-electron chi connectivity index (χ3n) is 2.51. The Labute approximate surface area is 111 Å². The molecule has 1 amide bonds. The van der Waals surface area contributed by atoms with Crippen molar-refractivity contribution >= 4 is 21.9 Å². The van der Waals surface area contributed by atoms with Crippen LogP contribution in [0.15, 0.2) is 29.2 Å². The van der Waals surface area contributed by atoms with E-state index >= 15 is 0 Å². The topological polar surface area (TPSA) is 89.5 Å². The van der Waals surface area contributed by atoms with Gasteiger partial charge in [-0.3, -0.25) is 9.59 Å². The minimum Gasteiger partial charge on any atom is -0.468 e. The van der Waals surface area contributed by atoms with Gasteiger partial charge in [0.05, 0.1) is 12.0 Å². The molecule has 1 aromatic rings. The molecule has 19 heavy (non-hydrogen) atoms. The van der Waals surface area contributed by atoms with Crippen molar-refractivity contribution in [3.63, 3.8) is 0 Å². The number of hydrogen-bond acceptors (Lipinski definition) is 5. The summed E-state index contributed by atoms with van der Waals surface area (Å²) in [6.45, 7) is 3.08. The lowest BCUT2D eigenvalue weighted by Gasteiger charge is -2.10. The number of ether oxygens (including phenoxy) is 1. The van der Waals surface area contributed by atoms with Crippen LogP contribution in [-0.2, 0) is 24.3 Å². The summed E-state index contributed by atoms with van der Waals surface area (Å²) in [7, 11) is -2.84.